The minimum Gasteiger partial charge on any atom is -0.484 e. The van der Waals surface area contributed by atoms with Gasteiger partial charge in [-0.05, 0) is 65.9 Å². The van der Waals surface area contributed by atoms with Crippen molar-refractivity contribution in [2.24, 2.45) is 0 Å². The van der Waals surface area contributed by atoms with E-state index >= 15 is 0 Å². The third-order valence-corrected chi connectivity index (χ3v) is 5.13. The number of rotatable bonds is 6. The van der Waals surface area contributed by atoms with Gasteiger partial charge in [-0.3, -0.25) is 4.79 Å². The van der Waals surface area contributed by atoms with E-state index in [1.165, 1.54) is 16.5 Å². The number of benzene rings is 2. The summed E-state index contributed by atoms with van der Waals surface area (Å²) in [5.74, 6) is 0.596. The first-order valence-electron chi connectivity index (χ1n) is 9.73. The monoisotopic (exact) mass is 366 g/mol. The minimum atomic E-state index is -0.113. The van der Waals surface area contributed by atoms with Gasteiger partial charge in [0.2, 0.25) is 0 Å². The lowest BCUT2D eigenvalue weighted by molar-refractivity contribution is -0.123. The van der Waals surface area contributed by atoms with E-state index in [1.54, 1.807) is 0 Å². The molecule has 0 spiro atoms. The number of fused-ring (bicyclic) bond motifs is 1. The fraction of sp³-hybridized carbons (Fsp3) is 0.409. The van der Waals surface area contributed by atoms with Crippen LogP contribution in [0.2, 0.25) is 0 Å². The number of nitrogens with one attached hydrogen (secondary N) is 2. The summed E-state index contributed by atoms with van der Waals surface area (Å²) in [6.07, 6.45) is 5.63. The van der Waals surface area contributed by atoms with Crippen LogP contribution in [-0.4, -0.2) is 44.9 Å². The van der Waals surface area contributed by atoms with Crippen molar-refractivity contribution < 1.29 is 14.3 Å². The minimum absolute atomic E-state index is 0.0227. The summed E-state index contributed by atoms with van der Waals surface area (Å²) in [6.45, 7) is 3.36. The standard InChI is InChI=1S/C22H26N2O3/c25-22(24-14-21-4-2-10-26-21)15-27-20-8-7-16-11-17(5-6-18(16)12-20)19-3-1-9-23-13-19/h3,5-8,11-12,21,23H,1-2,4,9-10,13-15H2,(H,24,25). The van der Waals surface area contributed by atoms with E-state index in [1.807, 2.05) is 12.1 Å². The molecule has 4 rings (SSSR count). The molecule has 142 valence electrons. The average molecular weight is 366 g/mol. The zero-order valence-corrected chi connectivity index (χ0v) is 15.5. The van der Waals surface area contributed by atoms with Crippen molar-refractivity contribution in [3.05, 3.63) is 48.0 Å². The zero-order chi connectivity index (χ0) is 18.5. The molecule has 0 aliphatic carbocycles. The molecule has 2 aromatic rings. The van der Waals surface area contributed by atoms with Crippen LogP contribution < -0.4 is 15.4 Å². The predicted molar refractivity (Wildman–Crippen MR) is 107 cm³/mol. The van der Waals surface area contributed by atoms with Gasteiger partial charge < -0.3 is 20.1 Å². The van der Waals surface area contributed by atoms with Gasteiger partial charge in [0.25, 0.3) is 5.91 Å². The fourth-order valence-electron chi connectivity index (χ4n) is 3.61. The number of hydrogen-bond donors (Lipinski definition) is 2. The number of carbonyl (C=O) groups excluding carboxylic acids is 1. The van der Waals surface area contributed by atoms with Gasteiger partial charge in [-0.15, -0.1) is 0 Å². The molecule has 0 aromatic heterocycles. The Bertz CT molecular complexity index is 841. The Hall–Kier alpha value is -2.37. The molecule has 2 aliphatic heterocycles. The number of carbonyl (C=O) groups is 1. The molecule has 2 N–H and O–H groups in total. The molecular formula is C22H26N2O3. The molecular weight excluding hydrogens is 340 g/mol. The number of amides is 1. The SMILES string of the molecule is O=C(COc1ccc2cc(C3=CCCNC3)ccc2c1)NCC1CCCO1. The van der Waals surface area contributed by atoms with E-state index < -0.39 is 0 Å². The van der Waals surface area contributed by atoms with Crippen LogP contribution in [0.25, 0.3) is 16.3 Å². The van der Waals surface area contributed by atoms with Crippen LogP contribution in [0.1, 0.15) is 24.8 Å². The Balaban J connectivity index is 1.35. The molecule has 27 heavy (non-hydrogen) atoms. The van der Waals surface area contributed by atoms with Crippen molar-refractivity contribution in [2.75, 3.05) is 32.8 Å². The van der Waals surface area contributed by atoms with E-state index in [-0.39, 0.29) is 18.6 Å². The molecule has 1 amide bonds. The second-order valence-electron chi connectivity index (χ2n) is 7.15. The van der Waals surface area contributed by atoms with E-state index in [0.717, 1.165) is 44.3 Å². The molecule has 2 heterocycles. The number of ether oxygens (including phenoxy) is 2. The average Bonchev–Trinajstić information content (AvgIpc) is 3.24. The van der Waals surface area contributed by atoms with Crippen LogP contribution in [0.15, 0.2) is 42.5 Å². The summed E-state index contributed by atoms with van der Waals surface area (Å²) in [7, 11) is 0. The lowest BCUT2D eigenvalue weighted by atomic mass is 9.99. The maximum Gasteiger partial charge on any atom is 0.258 e. The quantitative estimate of drug-likeness (QED) is 0.825. The van der Waals surface area contributed by atoms with E-state index in [4.69, 9.17) is 9.47 Å². The molecule has 1 saturated heterocycles. The van der Waals surface area contributed by atoms with Crippen molar-refractivity contribution >= 4 is 22.3 Å². The summed E-state index contributed by atoms with van der Waals surface area (Å²) in [6, 6.07) is 12.4. The van der Waals surface area contributed by atoms with Gasteiger partial charge in [0.05, 0.1) is 6.10 Å². The van der Waals surface area contributed by atoms with Crippen molar-refractivity contribution in [3.63, 3.8) is 0 Å². The smallest absolute Gasteiger partial charge is 0.258 e. The first-order valence-corrected chi connectivity index (χ1v) is 9.73. The highest BCUT2D eigenvalue weighted by atomic mass is 16.5. The van der Waals surface area contributed by atoms with Crippen molar-refractivity contribution in [1.82, 2.24) is 10.6 Å². The van der Waals surface area contributed by atoms with Crippen LogP contribution >= 0.6 is 0 Å². The molecule has 1 fully saturated rings. The maximum absolute atomic E-state index is 12.0. The molecule has 1 atom stereocenters. The van der Waals surface area contributed by atoms with Crippen LogP contribution in [-0.2, 0) is 9.53 Å². The molecule has 5 heteroatoms. The first kappa shape index (κ1) is 18.0. The predicted octanol–water partition coefficient (Wildman–Crippen LogP) is 2.89. The van der Waals surface area contributed by atoms with Gasteiger partial charge >= 0.3 is 0 Å². The van der Waals surface area contributed by atoms with Crippen molar-refractivity contribution in [2.45, 2.75) is 25.4 Å². The van der Waals surface area contributed by atoms with Crippen LogP contribution in [0.3, 0.4) is 0 Å². The van der Waals surface area contributed by atoms with Gasteiger partial charge in [-0.2, -0.15) is 0 Å². The van der Waals surface area contributed by atoms with E-state index in [9.17, 15) is 4.79 Å². The second-order valence-corrected chi connectivity index (χ2v) is 7.15. The van der Waals surface area contributed by atoms with E-state index in [0.29, 0.717) is 12.3 Å². The van der Waals surface area contributed by atoms with Gasteiger partial charge in [-0.1, -0.05) is 24.3 Å². The second kappa shape index (κ2) is 8.55. The molecule has 0 bridgehead atoms. The van der Waals surface area contributed by atoms with Crippen molar-refractivity contribution in [1.29, 1.82) is 0 Å². The fourth-order valence-corrected chi connectivity index (χ4v) is 3.61. The van der Waals surface area contributed by atoms with Crippen LogP contribution in [0.5, 0.6) is 5.75 Å². The third-order valence-electron chi connectivity index (χ3n) is 5.13. The third kappa shape index (κ3) is 4.67. The topological polar surface area (TPSA) is 59.6 Å². The van der Waals surface area contributed by atoms with Gasteiger partial charge in [0, 0.05) is 19.7 Å². The largest absolute Gasteiger partial charge is 0.484 e. The summed E-state index contributed by atoms with van der Waals surface area (Å²) in [5.41, 5.74) is 2.61. The van der Waals surface area contributed by atoms with Crippen LogP contribution in [0, 0.1) is 0 Å². The van der Waals surface area contributed by atoms with E-state index in [2.05, 4.69) is 41.0 Å². The molecule has 1 unspecified atom stereocenters. The van der Waals surface area contributed by atoms with Crippen LogP contribution in [0.4, 0.5) is 0 Å². The Morgan fingerprint density at radius 3 is 2.93 bits per heavy atom. The highest BCUT2D eigenvalue weighted by Gasteiger charge is 2.16. The number of hydrogen-bond acceptors (Lipinski definition) is 4. The van der Waals surface area contributed by atoms with Crippen molar-refractivity contribution in [3.8, 4) is 5.75 Å². The summed E-state index contributed by atoms with van der Waals surface area (Å²) >= 11 is 0. The summed E-state index contributed by atoms with van der Waals surface area (Å²) in [4.78, 5) is 12.0. The molecule has 5 nitrogen and oxygen atoms in total. The summed E-state index contributed by atoms with van der Waals surface area (Å²) < 4.78 is 11.2. The molecule has 2 aliphatic rings. The Morgan fingerprint density at radius 2 is 2.11 bits per heavy atom. The Morgan fingerprint density at radius 1 is 1.22 bits per heavy atom. The Kier molecular flexibility index (Phi) is 5.70. The molecule has 0 radical (unpaired) electrons. The highest BCUT2D eigenvalue weighted by Crippen LogP contribution is 2.25. The molecule has 2 aromatic carbocycles. The normalized spacial score (nSPS) is 19.7. The highest BCUT2D eigenvalue weighted by molar-refractivity contribution is 5.88. The maximum atomic E-state index is 12.0. The zero-order valence-electron chi connectivity index (χ0n) is 15.5. The molecule has 0 saturated carbocycles. The van der Waals surface area contributed by atoms with Gasteiger partial charge in [0.1, 0.15) is 5.75 Å². The lowest BCUT2D eigenvalue weighted by Crippen LogP contribution is -2.35. The Labute approximate surface area is 159 Å². The summed E-state index contributed by atoms with van der Waals surface area (Å²) in [5, 5.41) is 8.57. The first-order chi connectivity index (χ1) is 13.3. The lowest BCUT2D eigenvalue weighted by Gasteiger charge is -2.15. The van der Waals surface area contributed by atoms with Gasteiger partial charge in [-0.25, -0.2) is 0 Å². The van der Waals surface area contributed by atoms with Gasteiger partial charge in [0.15, 0.2) is 6.61 Å².